The second-order valence-corrected chi connectivity index (χ2v) is 12.6. The van der Waals surface area contributed by atoms with Crippen molar-refractivity contribution in [2.45, 2.75) is 66.9 Å². The third kappa shape index (κ3) is 6.98. The Morgan fingerprint density at radius 1 is 1.23 bits per heavy atom. The molecule has 0 spiro atoms. The van der Waals surface area contributed by atoms with E-state index in [1.165, 1.54) is 18.4 Å². The Kier molecular flexibility index (Phi) is 11.4. The molecular weight excluding hydrogens is 578 g/mol. The molecule has 1 amide bonds. The molecule has 0 aliphatic rings. The number of amides is 1. The van der Waals surface area contributed by atoms with Crippen LogP contribution in [0.15, 0.2) is 23.0 Å². The molecule has 2 N–H and O–H groups in total. The highest BCUT2D eigenvalue weighted by Gasteiger charge is 2.29. The van der Waals surface area contributed by atoms with Crippen LogP contribution >= 0.6 is 11.3 Å². The molecule has 11 heteroatoms. The molecule has 0 unspecified atom stereocenters. The minimum Gasteiger partial charge on any atom is -0.496 e. The van der Waals surface area contributed by atoms with E-state index in [1.807, 2.05) is 6.07 Å². The zero-order valence-corrected chi connectivity index (χ0v) is 27.5. The van der Waals surface area contributed by atoms with Gasteiger partial charge in [-0.2, -0.15) is 9.94 Å². The Hall–Kier alpha value is -4.14. The average Bonchev–Trinajstić information content (AvgIpc) is 3.41. The first kappa shape index (κ1) is 34.4. The van der Waals surface area contributed by atoms with Crippen LogP contribution in [0.5, 0.6) is 11.6 Å². The van der Waals surface area contributed by atoms with E-state index < -0.39 is 22.8 Å². The number of aliphatic hydroxyl groups is 1. The van der Waals surface area contributed by atoms with Crippen LogP contribution in [0.4, 0.5) is 5.13 Å². The Bertz CT molecular complexity index is 1680. The number of pyridine rings is 1. The van der Waals surface area contributed by atoms with Gasteiger partial charge in [-0.25, -0.2) is 9.99 Å². The van der Waals surface area contributed by atoms with Crippen LogP contribution in [0.25, 0.3) is 23.9 Å². The van der Waals surface area contributed by atoms with Gasteiger partial charge in [0.05, 0.1) is 29.5 Å². The topological polar surface area (TPSA) is 132 Å². The van der Waals surface area contributed by atoms with Crippen molar-refractivity contribution in [3.8, 4) is 29.0 Å². The van der Waals surface area contributed by atoms with Gasteiger partial charge in [-0.05, 0) is 30.5 Å². The van der Waals surface area contributed by atoms with E-state index in [1.54, 1.807) is 52.2 Å². The monoisotopic (exact) mass is 621 g/mol. The number of anilines is 1. The van der Waals surface area contributed by atoms with Crippen LogP contribution in [0.1, 0.15) is 76.3 Å². The van der Waals surface area contributed by atoms with Crippen molar-refractivity contribution in [3.63, 3.8) is 0 Å². The Morgan fingerprint density at radius 2 is 1.86 bits per heavy atom. The van der Waals surface area contributed by atoms with E-state index in [2.05, 4.69) is 25.3 Å². The smallest absolute Gasteiger partial charge is 0.280 e. The lowest BCUT2D eigenvalue weighted by Gasteiger charge is -2.27. The second-order valence-electron chi connectivity index (χ2n) is 11.6. The number of aromatic hydroxyl groups is 1. The van der Waals surface area contributed by atoms with Crippen molar-refractivity contribution in [3.05, 3.63) is 55.0 Å². The Labute approximate surface area is 262 Å². The van der Waals surface area contributed by atoms with Crippen molar-refractivity contribution in [2.24, 2.45) is 5.41 Å². The maximum Gasteiger partial charge on any atom is 0.280 e. The fourth-order valence-corrected chi connectivity index (χ4v) is 5.91. The summed E-state index contributed by atoms with van der Waals surface area (Å²) in [6, 6.07) is 7.29. The minimum atomic E-state index is -0.870. The molecular formula is C33H43N5O5S. The Morgan fingerprint density at radius 3 is 2.39 bits per heavy atom. The summed E-state index contributed by atoms with van der Waals surface area (Å²) in [5.74, 6) is -0.600. The predicted octanol–water partition coefficient (Wildman–Crippen LogP) is 3.84. The van der Waals surface area contributed by atoms with Crippen LogP contribution < -0.4 is 30.6 Å². The highest BCUT2D eigenvalue weighted by atomic mass is 32.1. The van der Waals surface area contributed by atoms with Gasteiger partial charge in [0.1, 0.15) is 17.4 Å². The number of hydrogen-bond donors (Lipinski definition) is 2. The number of aliphatic hydroxyl groups excluding tert-OH is 1. The van der Waals surface area contributed by atoms with E-state index in [0.29, 0.717) is 27.4 Å². The highest BCUT2D eigenvalue weighted by molar-refractivity contribution is 7.16. The van der Waals surface area contributed by atoms with Crippen LogP contribution in [-0.2, 0) is 11.4 Å². The zero-order valence-electron chi connectivity index (χ0n) is 26.7. The Balaban J connectivity index is 2.47. The summed E-state index contributed by atoms with van der Waals surface area (Å²) in [7, 11) is 2.92. The second kappa shape index (κ2) is 14.6. The van der Waals surface area contributed by atoms with Gasteiger partial charge in [-0.1, -0.05) is 77.5 Å². The molecule has 3 rings (SSSR count). The van der Waals surface area contributed by atoms with Crippen molar-refractivity contribution in [1.82, 2.24) is 9.66 Å². The molecule has 3 aromatic rings. The third-order valence-electron chi connectivity index (χ3n) is 7.31. The van der Waals surface area contributed by atoms with E-state index >= 15 is 0 Å². The standard InChI is InChI=1S/C33H43N5O5S/c1-9-11-16-37(17-12-10-2)32-35-28(27-22(20-39)14-13-15-25(27)43-8)26(44-32)18-23-21(3)24(19-34)30(41)38(29(23)40)36(7)31(42)33(4,5)6/h13-15,18,39,41H,3,9-12,16-17,20H2,1-2,4-8H3/b23-18-. The zero-order chi connectivity index (χ0) is 32.8. The molecule has 0 aliphatic carbocycles. The molecule has 10 nitrogen and oxygen atoms in total. The first-order chi connectivity index (χ1) is 20.9. The molecule has 0 atom stereocenters. The van der Waals surface area contributed by atoms with Crippen LogP contribution in [-0.4, -0.2) is 53.0 Å². The van der Waals surface area contributed by atoms with Gasteiger partial charge >= 0.3 is 0 Å². The lowest BCUT2D eigenvalue weighted by Crippen LogP contribution is -2.55. The molecule has 2 aromatic heterocycles. The van der Waals surface area contributed by atoms with Gasteiger partial charge in [0.25, 0.3) is 5.56 Å². The van der Waals surface area contributed by atoms with E-state index in [9.17, 15) is 25.1 Å². The first-order valence-corrected chi connectivity index (χ1v) is 15.6. The summed E-state index contributed by atoms with van der Waals surface area (Å²) in [6.07, 6.45) is 5.56. The maximum absolute atomic E-state index is 14.0. The van der Waals surface area contributed by atoms with Gasteiger partial charge in [-0.15, -0.1) is 0 Å². The minimum absolute atomic E-state index is 0.0264. The summed E-state index contributed by atoms with van der Waals surface area (Å²) >= 11 is 1.38. The number of hydrogen-bond acceptors (Lipinski definition) is 9. The molecule has 44 heavy (non-hydrogen) atoms. The van der Waals surface area contributed by atoms with E-state index in [-0.39, 0.29) is 22.6 Å². The van der Waals surface area contributed by atoms with Crippen LogP contribution in [0.2, 0.25) is 0 Å². The van der Waals surface area contributed by atoms with Crippen molar-refractivity contribution >= 4 is 35.0 Å². The SMILES string of the molecule is C=c1c(C#N)c(O)n(N(C)C(=O)C(C)(C)C)c(=O)/c1=C\c1sc(N(CCCC)CCCC)nc1-c1c(CO)cccc1OC. The number of rotatable bonds is 12. The lowest BCUT2D eigenvalue weighted by atomic mass is 9.95. The fraction of sp³-hybridized carbons (Fsp3) is 0.455. The molecule has 0 fully saturated rings. The molecule has 2 heterocycles. The van der Waals surface area contributed by atoms with Gasteiger partial charge in [0.2, 0.25) is 11.8 Å². The number of thiazole rings is 1. The van der Waals surface area contributed by atoms with Crippen molar-refractivity contribution in [1.29, 1.82) is 5.26 Å². The van der Waals surface area contributed by atoms with Crippen LogP contribution in [0.3, 0.4) is 0 Å². The quantitative estimate of drug-likeness (QED) is 0.312. The molecule has 1 aromatic carbocycles. The number of nitriles is 1. The van der Waals surface area contributed by atoms with Crippen LogP contribution in [0, 0.1) is 16.7 Å². The average molecular weight is 622 g/mol. The summed E-state index contributed by atoms with van der Waals surface area (Å²) < 4.78 is 6.49. The normalized spacial score (nSPS) is 11.8. The number of carbonyl (C=O) groups is 1. The first-order valence-electron chi connectivity index (χ1n) is 14.8. The number of methoxy groups -OCH3 is 1. The number of benzene rings is 1. The highest BCUT2D eigenvalue weighted by Crippen LogP contribution is 2.40. The molecule has 236 valence electrons. The maximum atomic E-state index is 14.0. The lowest BCUT2D eigenvalue weighted by molar-refractivity contribution is -0.127. The summed E-state index contributed by atoms with van der Waals surface area (Å²) in [4.78, 5) is 35.0. The molecule has 0 saturated carbocycles. The summed E-state index contributed by atoms with van der Waals surface area (Å²) in [5.41, 5.74) is -0.135. The van der Waals surface area contributed by atoms with Crippen molar-refractivity contribution in [2.75, 3.05) is 37.2 Å². The molecule has 0 saturated heterocycles. The number of nitrogens with zero attached hydrogens (tertiary/aromatic N) is 5. The fourth-order valence-electron chi connectivity index (χ4n) is 4.85. The van der Waals surface area contributed by atoms with E-state index in [0.717, 1.165) is 53.6 Å². The van der Waals surface area contributed by atoms with Gasteiger partial charge < -0.3 is 19.8 Å². The number of aromatic nitrogens is 2. The van der Waals surface area contributed by atoms with E-state index in [4.69, 9.17) is 9.72 Å². The summed E-state index contributed by atoms with van der Waals surface area (Å²) in [5, 5.41) is 33.0. The number of ether oxygens (including phenoxy) is 1. The summed E-state index contributed by atoms with van der Waals surface area (Å²) in [6.45, 7) is 14.7. The molecule has 0 bridgehead atoms. The predicted molar refractivity (Wildman–Crippen MR) is 176 cm³/mol. The number of unbranched alkanes of at least 4 members (excludes halogenated alkanes) is 2. The third-order valence-corrected chi connectivity index (χ3v) is 8.38. The largest absolute Gasteiger partial charge is 0.496 e. The van der Waals surface area contributed by atoms with Gasteiger partial charge in [0, 0.05) is 36.3 Å². The van der Waals surface area contributed by atoms with Gasteiger partial charge in [0.15, 0.2) is 5.13 Å². The van der Waals surface area contributed by atoms with Crippen molar-refractivity contribution < 1.29 is 19.7 Å². The van der Waals surface area contributed by atoms with Gasteiger partial charge in [-0.3, -0.25) is 9.59 Å². The molecule has 0 radical (unpaired) electrons. The number of carbonyl (C=O) groups excluding carboxylic acids is 1. The molecule has 0 aliphatic heterocycles.